The van der Waals surface area contributed by atoms with Gasteiger partial charge in [0.15, 0.2) is 0 Å². The molecule has 0 radical (unpaired) electrons. The smallest absolute Gasteiger partial charge is 0.328 e. The van der Waals surface area contributed by atoms with Gasteiger partial charge in [0.2, 0.25) is 0 Å². The van der Waals surface area contributed by atoms with Gasteiger partial charge in [-0.2, -0.15) is 0 Å². The van der Waals surface area contributed by atoms with E-state index in [2.05, 4.69) is 45.7 Å². The van der Waals surface area contributed by atoms with Crippen LogP contribution >= 0.6 is 15.9 Å². The fourth-order valence-electron chi connectivity index (χ4n) is 5.50. The van der Waals surface area contributed by atoms with Gasteiger partial charge in [0.25, 0.3) is 5.91 Å². The highest BCUT2D eigenvalue weighted by atomic mass is 79.9. The first-order valence-corrected chi connectivity index (χ1v) is 12.5. The SMILES string of the molecule is CCN(CC)CCN1C(=O)N2[C@H](c3cccc(O)c3)c3[nH]c4ccc(Br)cc4c3C[C@@]2(C)C1=O. The summed E-state index contributed by atoms with van der Waals surface area (Å²) in [6, 6.07) is 12.2. The van der Waals surface area contributed by atoms with Crippen molar-refractivity contribution in [1.82, 2.24) is 19.7 Å². The third kappa shape index (κ3) is 3.43. The van der Waals surface area contributed by atoms with Gasteiger partial charge in [-0.15, -0.1) is 0 Å². The van der Waals surface area contributed by atoms with Gasteiger partial charge in [-0.25, -0.2) is 4.79 Å². The van der Waals surface area contributed by atoms with Crippen molar-refractivity contribution in [3.63, 3.8) is 0 Å². The average molecular weight is 525 g/mol. The zero-order valence-corrected chi connectivity index (χ0v) is 21.2. The average Bonchev–Trinajstić information content (AvgIpc) is 3.25. The van der Waals surface area contributed by atoms with Crippen molar-refractivity contribution in [3.8, 4) is 5.75 Å². The number of aromatic amines is 1. The Balaban J connectivity index is 1.65. The Hall–Kier alpha value is -2.84. The van der Waals surface area contributed by atoms with Crippen LogP contribution < -0.4 is 0 Å². The lowest BCUT2D eigenvalue weighted by atomic mass is 9.81. The number of phenols is 1. The number of amides is 3. The molecule has 0 aliphatic carbocycles. The summed E-state index contributed by atoms with van der Waals surface area (Å²) in [4.78, 5) is 36.5. The Morgan fingerprint density at radius 1 is 1.18 bits per heavy atom. The third-order valence-corrected chi connectivity index (χ3v) is 7.84. The standard InChI is InChI=1S/C26H29BrN4O3/c1-4-29(5-2)11-12-30-24(33)26(3)15-20-19-14-17(27)9-10-21(19)28-22(20)23(31(26)25(30)34)16-7-6-8-18(32)13-16/h6-10,13-14,23,28,32H,4-5,11-12,15H2,1-3H3/t23-,26+/m1/s1. The van der Waals surface area contributed by atoms with Crippen LogP contribution in [0.4, 0.5) is 4.79 Å². The monoisotopic (exact) mass is 524 g/mol. The molecule has 8 heteroatoms. The van der Waals surface area contributed by atoms with Crippen LogP contribution in [0.3, 0.4) is 0 Å². The number of rotatable bonds is 6. The number of carbonyl (C=O) groups excluding carboxylic acids is 2. The number of hydrogen-bond donors (Lipinski definition) is 2. The number of imide groups is 1. The third-order valence-electron chi connectivity index (χ3n) is 7.35. The molecule has 0 unspecified atom stereocenters. The molecule has 1 fully saturated rings. The first-order chi connectivity index (χ1) is 16.3. The maximum absolute atomic E-state index is 13.8. The van der Waals surface area contributed by atoms with Gasteiger partial charge >= 0.3 is 6.03 Å². The van der Waals surface area contributed by atoms with Crippen LogP contribution in [-0.2, 0) is 11.2 Å². The molecule has 3 aromatic rings. The maximum Gasteiger partial charge on any atom is 0.328 e. The summed E-state index contributed by atoms with van der Waals surface area (Å²) in [6.07, 6.45) is 0.431. The van der Waals surface area contributed by atoms with E-state index < -0.39 is 11.6 Å². The van der Waals surface area contributed by atoms with Crippen LogP contribution in [0.5, 0.6) is 5.75 Å². The van der Waals surface area contributed by atoms with E-state index in [0.717, 1.165) is 45.3 Å². The summed E-state index contributed by atoms with van der Waals surface area (Å²) in [7, 11) is 0. The van der Waals surface area contributed by atoms with Gasteiger partial charge in [0.1, 0.15) is 17.3 Å². The number of aromatic nitrogens is 1. The maximum atomic E-state index is 13.8. The lowest BCUT2D eigenvalue weighted by Gasteiger charge is -2.42. The van der Waals surface area contributed by atoms with Crippen molar-refractivity contribution in [2.45, 2.75) is 38.8 Å². The molecule has 2 N–H and O–H groups in total. The minimum Gasteiger partial charge on any atom is -0.508 e. The lowest BCUT2D eigenvalue weighted by molar-refractivity contribution is -0.133. The van der Waals surface area contributed by atoms with Crippen molar-refractivity contribution in [3.05, 3.63) is 63.8 Å². The van der Waals surface area contributed by atoms with E-state index in [0.29, 0.717) is 19.5 Å². The molecule has 178 valence electrons. The van der Waals surface area contributed by atoms with Crippen LogP contribution in [0.1, 0.15) is 43.6 Å². The minimum atomic E-state index is -1.01. The Labute approximate surface area is 207 Å². The number of phenolic OH excluding ortho intramolecular Hbond substituents is 1. The lowest BCUT2D eigenvalue weighted by Crippen LogP contribution is -2.53. The molecule has 2 atom stereocenters. The van der Waals surface area contributed by atoms with Crippen LogP contribution in [0.25, 0.3) is 10.9 Å². The minimum absolute atomic E-state index is 0.126. The summed E-state index contributed by atoms with van der Waals surface area (Å²) in [6.45, 7) is 8.77. The van der Waals surface area contributed by atoms with Crippen LogP contribution in [-0.4, -0.2) is 68.4 Å². The Kier molecular flexibility index (Phi) is 5.68. The Bertz CT molecular complexity index is 1280. The first-order valence-electron chi connectivity index (χ1n) is 11.7. The van der Waals surface area contributed by atoms with Crippen molar-refractivity contribution < 1.29 is 14.7 Å². The van der Waals surface area contributed by atoms with E-state index in [1.807, 2.05) is 25.1 Å². The molecule has 5 rings (SSSR count). The topological polar surface area (TPSA) is 79.9 Å². The summed E-state index contributed by atoms with van der Waals surface area (Å²) in [5.74, 6) is -0.0358. The zero-order valence-electron chi connectivity index (χ0n) is 19.6. The van der Waals surface area contributed by atoms with Crippen molar-refractivity contribution >= 4 is 38.8 Å². The molecule has 0 bridgehead atoms. The molecule has 2 aliphatic rings. The molecule has 7 nitrogen and oxygen atoms in total. The number of aromatic hydroxyl groups is 1. The van der Waals surface area contributed by atoms with E-state index in [9.17, 15) is 14.7 Å². The van der Waals surface area contributed by atoms with Gasteiger partial charge < -0.3 is 15.0 Å². The number of nitrogens with one attached hydrogen (secondary N) is 1. The van der Waals surface area contributed by atoms with Crippen LogP contribution in [0.15, 0.2) is 46.9 Å². The number of urea groups is 1. The molecule has 1 aromatic heterocycles. The molecule has 2 aromatic carbocycles. The van der Waals surface area contributed by atoms with Gasteiger partial charge in [0, 0.05) is 40.6 Å². The molecular formula is C26H29BrN4O3. The zero-order chi connectivity index (χ0) is 24.2. The largest absolute Gasteiger partial charge is 0.508 e. The number of H-pyrrole nitrogens is 1. The molecule has 3 heterocycles. The van der Waals surface area contributed by atoms with E-state index >= 15 is 0 Å². The second kappa shape index (κ2) is 8.43. The highest BCUT2D eigenvalue weighted by molar-refractivity contribution is 9.10. The predicted molar refractivity (Wildman–Crippen MR) is 135 cm³/mol. The second-order valence-corrected chi connectivity index (χ2v) is 10.2. The summed E-state index contributed by atoms with van der Waals surface area (Å²) in [5.41, 5.74) is 2.64. The Morgan fingerprint density at radius 3 is 2.65 bits per heavy atom. The quantitative estimate of drug-likeness (QED) is 0.460. The van der Waals surface area contributed by atoms with Crippen molar-refractivity contribution in [2.24, 2.45) is 0 Å². The molecular weight excluding hydrogens is 496 g/mol. The highest BCUT2D eigenvalue weighted by Crippen LogP contribution is 2.49. The van der Waals surface area contributed by atoms with Crippen molar-refractivity contribution in [1.29, 1.82) is 0 Å². The molecule has 1 saturated heterocycles. The number of halogens is 1. The van der Waals surface area contributed by atoms with Gasteiger partial charge in [0.05, 0.1) is 0 Å². The predicted octanol–water partition coefficient (Wildman–Crippen LogP) is 4.65. The number of nitrogens with zero attached hydrogens (tertiary/aromatic N) is 3. The fourth-order valence-corrected chi connectivity index (χ4v) is 5.87. The van der Waals surface area contributed by atoms with Gasteiger partial charge in [-0.05, 0) is 61.5 Å². The molecule has 0 spiro atoms. The second-order valence-electron chi connectivity index (χ2n) is 9.29. The van der Waals surface area contributed by atoms with E-state index in [1.165, 1.54) is 4.90 Å². The van der Waals surface area contributed by atoms with E-state index in [1.54, 1.807) is 23.1 Å². The van der Waals surface area contributed by atoms with Crippen molar-refractivity contribution in [2.75, 3.05) is 26.2 Å². The first kappa shape index (κ1) is 22.9. The molecule has 3 amide bonds. The number of likely N-dealkylation sites (N-methyl/N-ethyl adjacent to an activating group) is 1. The molecule has 0 saturated carbocycles. The van der Waals surface area contributed by atoms with Crippen LogP contribution in [0.2, 0.25) is 0 Å². The highest BCUT2D eigenvalue weighted by Gasteiger charge is 2.60. The number of fused-ring (bicyclic) bond motifs is 4. The number of carbonyl (C=O) groups is 2. The van der Waals surface area contributed by atoms with E-state index in [4.69, 9.17) is 0 Å². The van der Waals surface area contributed by atoms with Gasteiger partial charge in [-0.3, -0.25) is 14.6 Å². The van der Waals surface area contributed by atoms with E-state index in [-0.39, 0.29) is 17.7 Å². The van der Waals surface area contributed by atoms with Gasteiger partial charge in [-0.1, -0.05) is 41.9 Å². The van der Waals surface area contributed by atoms with Crippen LogP contribution in [0, 0.1) is 0 Å². The Morgan fingerprint density at radius 2 is 1.94 bits per heavy atom. The number of benzene rings is 2. The summed E-state index contributed by atoms with van der Waals surface area (Å²) >= 11 is 3.57. The number of hydrogen-bond acceptors (Lipinski definition) is 4. The molecule has 2 aliphatic heterocycles. The fraction of sp³-hybridized carbons (Fsp3) is 0.385. The molecule has 34 heavy (non-hydrogen) atoms. The normalized spacial score (nSPS) is 22.1. The summed E-state index contributed by atoms with van der Waals surface area (Å²) in [5, 5.41) is 11.3. The summed E-state index contributed by atoms with van der Waals surface area (Å²) < 4.78 is 0.956.